The van der Waals surface area contributed by atoms with E-state index in [4.69, 9.17) is 0 Å². The van der Waals surface area contributed by atoms with Crippen molar-refractivity contribution in [2.45, 2.75) is 6.92 Å². The van der Waals surface area contributed by atoms with Crippen LogP contribution in [-0.2, 0) is 0 Å². The molecule has 62 valence electrons. The van der Waals surface area contributed by atoms with Gasteiger partial charge in [0.15, 0.2) is 5.84 Å². The van der Waals surface area contributed by atoms with Gasteiger partial charge in [0.25, 0.3) is 0 Å². The molecule has 0 unspecified atom stereocenters. The van der Waals surface area contributed by atoms with Gasteiger partial charge in [-0.25, -0.2) is 4.99 Å². The third kappa shape index (κ3) is 1.59. The van der Waals surface area contributed by atoms with E-state index in [2.05, 4.69) is 16.6 Å². The summed E-state index contributed by atoms with van der Waals surface area (Å²) in [5.41, 5.74) is 2.15. The lowest BCUT2D eigenvalue weighted by atomic mass is 10.1. The zero-order valence-corrected chi connectivity index (χ0v) is 7.41. The van der Waals surface area contributed by atoms with E-state index in [0.717, 1.165) is 17.0 Å². The minimum absolute atomic E-state index is 0.773. The van der Waals surface area contributed by atoms with E-state index in [9.17, 15) is 0 Å². The normalized spacial score (nSPS) is 23.0. The fourth-order valence-electron chi connectivity index (χ4n) is 0.993. The van der Waals surface area contributed by atoms with Gasteiger partial charge in [-0.05, 0) is 24.6 Å². The molecule has 0 spiro atoms. The molecule has 0 aromatic rings. The summed E-state index contributed by atoms with van der Waals surface area (Å²) < 4.78 is 0. The number of rotatable bonds is 1. The molecular formula is C10H12N2. The van der Waals surface area contributed by atoms with E-state index in [0.29, 0.717) is 0 Å². The summed E-state index contributed by atoms with van der Waals surface area (Å²) in [5, 5.41) is 0. The summed E-state index contributed by atoms with van der Waals surface area (Å²) in [7, 11) is 1.74. The van der Waals surface area contributed by atoms with E-state index in [1.54, 1.807) is 13.3 Å². The van der Waals surface area contributed by atoms with E-state index in [1.165, 1.54) is 0 Å². The predicted molar refractivity (Wildman–Crippen MR) is 53.9 cm³/mol. The summed E-state index contributed by atoms with van der Waals surface area (Å²) in [6.07, 6.45) is 7.44. The van der Waals surface area contributed by atoms with Gasteiger partial charge < -0.3 is 0 Å². The summed E-state index contributed by atoms with van der Waals surface area (Å²) in [6.45, 7) is 5.70. The van der Waals surface area contributed by atoms with Gasteiger partial charge in [-0.2, -0.15) is 0 Å². The number of dihydropyridines is 1. The van der Waals surface area contributed by atoms with E-state index in [-0.39, 0.29) is 0 Å². The Labute approximate surface area is 72.7 Å². The predicted octanol–water partition coefficient (Wildman–Crippen LogP) is 2.16. The number of amidine groups is 1. The van der Waals surface area contributed by atoms with Crippen LogP contribution in [0, 0.1) is 0 Å². The maximum atomic E-state index is 4.13. The number of aliphatic imine (C=N–C) groups is 2. The first-order valence-corrected chi connectivity index (χ1v) is 3.80. The number of hydrogen-bond donors (Lipinski definition) is 0. The molecule has 0 aliphatic carbocycles. The molecule has 2 nitrogen and oxygen atoms in total. The van der Waals surface area contributed by atoms with Crippen LogP contribution >= 0.6 is 0 Å². The first-order chi connectivity index (χ1) is 5.79. The molecule has 12 heavy (non-hydrogen) atoms. The molecule has 0 fully saturated rings. The number of nitrogens with zero attached hydrogens (tertiary/aromatic N) is 2. The molecular weight excluding hydrogens is 148 g/mol. The lowest BCUT2D eigenvalue weighted by Gasteiger charge is -2.06. The van der Waals surface area contributed by atoms with Crippen molar-refractivity contribution in [1.29, 1.82) is 0 Å². The first kappa shape index (κ1) is 8.65. The molecule has 0 aromatic heterocycles. The molecule has 1 heterocycles. The van der Waals surface area contributed by atoms with Crippen molar-refractivity contribution in [1.82, 2.24) is 0 Å². The molecule has 0 bridgehead atoms. The molecule has 0 saturated heterocycles. The van der Waals surface area contributed by atoms with Crippen LogP contribution < -0.4 is 0 Å². The van der Waals surface area contributed by atoms with Gasteiger partial charge in [-0.3, -0.25) is 4.99 Å². The third-order valence-electron chi connectivity index (χ3n) is 1.73. The summed E-state index contributed by atoms with van der Waals surface area (Å²) in [4.78, 5) is 8.19. The second-order valence-electron chi connectivity index (χ2n) is 2.49. The van der Waals surface area contributed by atoms with Gasteiger partial charge in [-0.15, -0.1) is 0 Å². The van der Waals surface area contributed by atoms with E-state index < -0.39 is 0 Å². The maximum absolute atomic E-state index is 4.13. The monoisotopic (exact) mass is 160 g/mol. The van der Waals surface area contributed by atoms with Crippen molar-refractivity contribution >= 4 is 12.1 Å². The van der Waals surface area contributed by atoms with Gasteiger partial charge in [0, 0.05) is 18.8 Å². The fraction of sp³-hybridized carbons (Fsp3) is 0.200. The smallest absolute Gasteiger partial charge is 0.154 e. The number of hydrogen-bond acceptors (Lipinski definition) is 1. The Bertz CT molecular complexity index is 304. The average Bonchev–Trinajstić information content (AvgIpc) is 2.16. The molecule has 0 aromatic carbocycles. The van der Waals surface area contributed by atoms with Crippen LogP contribution in [0.2, 0.25) is 0 Å². The zero-order valence-electron chi connectivity index (χ0n) is 7.41. The Morgan fingerprint density at radius 3 is 3.00 bits per heavy atom. The van der Waals surface area contributed by atoms with Crippen LogP contribution in [0.25, 0.3) is 0 Å². The van der Waals surface area contributed by atoms with Gasteiger partial charge in [-0.1, -0.05) is 12.7 Å². The molecule has 0 saturated carbocycles. The highest BCUT2D eigenvalue weighted by atomic mass is 14.9. The largest absolute Gasteiger partial charge is 0.270 e. The van der Waals surface area contributed by atoms with Crippen molar-refractivity contribution in [3.63, 3.8) is 0 Å². The van der Waals surface area contributed by atoms with Crippen molar-refractivity contribution in [2.24, 2.45) is 9.98 Å². The molecule has 0 radical (unpaired) electrons. The molecule has 0 amide bonds. The van der Waals surface area contributed by atoms with Gasteiger partial charge in [0.05, 0.1) is 0 Å². The Morgan fingerprint density at radius 1 is 1.67 bits per heavy atom. The van der Waals surface area contributed by atoms with E-state index >= 15 is 0 Å². The Kier molecular flexibility index (Phi) is 2.75. The van der Waals surface area contributed by atoms with E-state index in [1.807, 2.05) is 25.2 Å². The zero-order chi connectivity index (χ0) is 8.97. The lowest BCUT2D eigenvalue weighted by molar-refractivity contribution is 1.36. The molecule has 1 rings (SSSR count). The average molecular weight is 160 g/mol. The fourth-order valence-corrected chi connectivity index (χ4v) is 0.993. The Balaban J connectivity index is 3.14. The second kappa shape index (κ2) is 3.81. The van der Waals surface area contributed by atoms with Crippen LogP contribution in [0.1, 0.15) is 6.92 Å². The van der Waals surface area contributed by atoms with Gasteiger partial charge >= 0.3 is 0 Å². The quantitative estimate of drug-likeness (QED) is 0.561. The standard InChI is InChI=1S/C10H12N2/c1-4-8(2)9-6-5-7-12-10(9)11-3/h4-7H,1H2,2-3H3/b9-8-,11-10?. The number of allylic oxidation sites excluding steroid dienone is 3. The molecule has 2 heteroatoms. The topological polar surface area (TPSA) is 24.7 Å². The summed E-state index contributed by atoms with van der Waals surface area (Å²) >= 11 is 0. The third-order valence-corrected chi connectivity index (χ3v) is 1.73. The highest BCUT2D eigenvalue weighted by Crippen LogP contribution is 2.12. The van der Waals surface area contributed by atoms with Gasteiger partial charge in [0.1, 0.15) is 0 Å². The van der Waals surface area contributed by atoms with Crippen molar-refractivity contribution in [3.05, 3.63) is 36.0 Å². The highest BCUT2D eigenvalue weighted by molar-refractivity contribution is 6.09. The Hall–Kier alpha value is -1.44. The van der Waals surface area contributed by atoms with Gasteiger partial charge in [0.2, 0.25) is 0 Å². The molecule has 0 N–H and O–H groups in total. The SMILES string of the molecule is C=C/C(C)=C1/C=CC=NC1=NC. The lowest BCUT2D eigenvalue weighted by Crippen LogP contribution is -2.03. The van der Waals surface area contributed by atoms with Crippen LogP contribution in [-0.4, -0.2) is 19.1 Å². The van der Waals surface area contributed by atoms with Crippen LogP contribution in [0.15, 0.2) is 45.9 Å². The molecule has 0 atom stereocenters. The highest BCUT2D eigenvalue weighted by Gasteiger charge is 2.05. The Morgan fingerprint density at radius 2 is 2.42 bits per heavy atom. The van der Waals surface area contributed by atoms with Crippen molar-refractivity contribution < 1.29 is 0 Å². The summed E-state index contributed by atoms with van der Waals surface area (Å²) in [5.74, 6) is 0.773. The van der Waals surface area contributed by atoms with Crippen LogP contribution in [0.5, 0.6) is 0 Å². The minimum atomic E-state index is 0.773. The summed E-state index contributed by atoms with van der Waals surface area (Å²) in [6, 6.07) is 0. The molecule has 1 aliphatic heterocycles. The van der Waals surface area contributed by atoms with Crippen LogP contribution in [0.4, 0.5) is 0 Å². The molecule has 1 aliphatic rings. The minimum Gasteiger partial charge on any atom is -0.270 e. The van der Waals surface area contributed by atoms with Crippen LogP contribution in [0.3, 0.4) is 0 Å². The second-order valence-corrected chi connectivity index (χ2v) is 2.49. The van der Waals surface area contributed by atoms with Crippen molar-refractivity contribution in [2.75, 3.05) is 7.05 Å². The van der Waals surface area contributed by atoms with Crippen molar-refractivity contribution in [3.8, 4) is 0 Å². The first-order valence-electron chi connectivity index (χ1n) is 3.80. The maximum Gasteiger partial charge on any atom is 0.154 e.